The standard InChI is InChI=1S/C16H23N5O2/c1-10(2)14(9-22)17-16(23)13-7-5-12(6-8-13)15-18-20-21(19-15)11(3)4/h5-8,10-11,14,22H,9H2,1-4H3,(H,17,23). The van der Waals surface area contributed by atoms with Gasteiger partial charge in [-0.25, -0.2) is 0 Å². The third kappa shape index (κ3) is 4.13. The summed E-state index contributed by atoms with van der Waals surface area (Å²) in [6, 6.07) is 6.91. The minimum atomic E-state index is -0.255. The molecule has 1 aromatic carbocycles. The maximum absolute atomic E-state index is 12.2. The van der Waals surface area contributed by atoms with Gasteiger partial charge in [0.05, 0.1) is 18.7 Å². The normalized spacial score (nSPS) is 12.7. The Balaban J connectivity index is 2.10. The first-order valence-corrected chi connectivity index (χ1v) is 7.74. The summed E-state index contributed by atoms with van der Waals surface area (Å²) in [5, 5.41) is 24.4. The van der Waals surface area contributed by atoms with Crippen LogP contribution in [-0.2, 0) is 0 Å². The third-order valence-electron chi connectivity index (χ3n) is 3.61. The summed E-state index contributed by atoms with van der Waals surface area (Å²) in [7, 11) is 0. The van der Waals surface area contributed by atoms with E-state index in [0.717, 1.165) is 5.56 Å². The molecule has 1 aromatic heterocycles. The van der Waals surface area contributed by atoms with Crippen molar-refractivity contribution in [1.82, 2.24) is 25.5 Å². The molecular weight excluding hydrogens is 294 g/mol. The number of carbonyl (C=O) groups is 1. The van der Waals surface area contributed by atoms with Crippen molar-refractivity contribution in [3.05, 3.63) is 29.8 Å². The zero-order valence-electron chi connectivity index (χ0n) is 13.9. The van der Waals surface area contributed by atoms with Gasteiger partial charge in [0, 0.05) is 11.1 Å². The fraction of sp³-hybridized carbons (Fsp3) is 0.500. The molecule has 2 aromatic rings. The number of hydrogen-bond acceptors (Lipinski definition) is 5. The number of carbonyl (C=O) groups excluding carboxylic acids is 1. The number of aromatic nitrogens is 4. The molecule has 1 amide bonds. The number of aliphatic hydroxyl groups excluding tert-OH is 1. The lowest BCUT2D eigenvalue weighted by molar-refractivity contribution is 0.0897. The molecule has 0 radical (unpaired) electrons. The van der Waals surface area contributed by atoms with Crippen LogP contribution in [0.25, 0.3) is 11.4 Å². The highest BCUT2D eigenvalue weighted by atomic mass is 16.3. The first-order chi connectivity index (χ1) is 10.9. The van der Waals surface area contributed by atoms with E-state index in [2.05, 4.69) is 20.7 Å². The Labute approximate surface area is 135 Å². The quantitative estimate of drug-likeness (QED) is 0.845. The highest BCUT2D eigenvalue weighted by Crippen LogP contribution is 2.16. The molecule has 1 atom stereocenters. The Hall–Kier alpha value is -2.28. The van der Waals surface area contributed by atoms with E-state index in [-0.39, 0.29) is 30.5 Å². The average Bonchev–Trinajstić information content (AvgIpc) is 3.02. The van der Waals surface area contributed by atoms with Crippen LogP contribution < -0.4 is 5.32 Å². The van der Waals surface area contributed by atoms with Crippen LogP contribution in [0.1, 0.15) is 44.1 Å². The molecule has 23 heavy (non-hydrogen) atoms. The molecule has 124 valence electrons. The Morgan fingerprint density at radius 3 is 2.35 bits per heavy atom. The zero-order chi connectivity index (χ0) is 17.0. The molecule has 0 saturated heterocycles. The van der Waals surface area contributed by atoms with E-state index in [9.17, 15) is 9.90 Å². The van der Waals surface area contributed by atoms with Crippen molar-refractivity contribution >= 4 is 5.91 Å². The minimum Gasteiger partial charge on any atom is -0.394 e. The molecule has 0 bridgehead atoms. The maximum atomic E-state index is 12.2. The lowest BCUT2D eigenvalue weighted by Gasteiger charge is -2.19. The summed E-state index contributed by atoms with van der Waals surface area (Å²) >= 11 is 0. The lowest BCUT2D eigenvalue weighted by atomic mass is 10.0. The van der Waals surface area contributed by atoms with Crippen LogP contribution in [0.15, 0.2) is 24.3 Å². The number of nitrogens with zero attached hydrogens (tertiary/aromatic N) is 4. The summed E-state index contributed by atoms with van der Waals surface area (Å²) < 4.78 is 0. The number of tetrazole rings is 1. The number of hydrogen-bond donors (Lipinski definition) is 2. The Morgan fingerprint density at radius 2 is 1.87 bits per heavy atom. The fourth-order valence-corrected chi connectivity index (χ4v) is 2.00. The van der Waals surface area contributed by atoms with E-state index in [1.54, 1.807) is 29.1 Å². The highest BCUT2D eigenvalue weighted by molar-refractivity contribution is 5.94. The van der Waals surface area contributed by atoms with Crippen molar-refractivity contribution < 1.29 is 9.90 Å². The topological polar surface area (TPSA) is 92.9 Å². The minimum absolute atomic E-state index is 0.0796. The molecule has 2 rings (SSSR count). The van der Waals surface area contributed by atoms with E-state index in [1.165, 1.54) is 0 Å². The van der Waals surface area contributed by atoms with E-state index < -0.39 is 0 Å². The average molecular weight is 317 g/mol. The predicted octanol–water partition coefficient (Wildman–Crippen LogP) is 1.67. The largest absolute Gasteiger partial charge is 0.394 e. The molecule has 1 heterocycles. The second kappa shape index (κ2) is 7.32. The first kappa shape index (κ1) is 17.1. The van der Waals surface area contributed by atoms with Crippen LogP contribution >= 0.6 is 0 Å². The van der Waals surface area contributed by atoms with Crippen molar-refractivity contribution in [2.24, 2.45) is 5.92 Å². The van der Waals surface area contributed by atoms with Crippen LogP contribution in [0.2, 0.25) is 0 Å². The van der Waals surface area contributed by atoms with Gasteiger partial charge in [-0.2, -0.15) is 4.80 Å². The SMILES string of the molecule is CC(C)C(CO)NC(=O)c1ccc(-c2nnn(C(C)C)n2)cc1. The molecular formula is C16H23N5O2. The van der Waals surface area contributed by atoms with Crippen molar-refractivity contribution in [3.8, 4) is 11.4 Å². The number of nitrogens with one attached hydrogen (secondary N) is 1. The molecule has 0 aliphatic rings. The molecule has 7 nitrogen and oxygen atoms in total. The molecule has 0 saturated carbocycles. The second-order valence-corrected chi connectivity index (χ2v) is 6.11. The number of rotatable bonds is 6. The molecule has 7 heteroatoms. The van der Waals surface area contributed by atoms with Gasteiger partial charge < -0.3 is 10.4 Å². The monoisotopic (exact) mass is 317 g/mol. The summed E-state index contributed by atoms with van der Waals surface area (Å²) in [6.45, 7) is 7.78. The predicted molar refractivity (Wildman–Crippen MR) is 86.8 cm³/mol. The second-order valence-electron chi connectivity index (χ2n) is 6.11. The first-order valence-electron chi connectivity index (χ1n) is 7.74. The summed E-state index contributed by atoms with van der Waals surface area (Å²) in [6.07, 6.45) is 0. The van der Waals surface area contributed by atoms with Crippen LogP contribution in [0.4, 0.5) is 0 Å². The summed E-state index contributed by atoms with van der Waals surface area (Å²) in [5.41, 5.74) is 1.33. The van der Waals surface area contributed by atoms with Gasteiger partial charge in [-0.15, -0.1) is 10.2 Å². The maximum Gasteiger partial charge on any atom is 0.251 e. The Morgan fingerprint density at radius 1 is 1.22 bits per heavy atom. The van der Waals surface area contributed by atoms with E-state index in [0.29, 0.717) is 11.4 Å². The lowest BCUT2D eigenvalue weighted by Crippen LogP contribution is -2.41. The van der Waals surface area contributed by atoms with Gasteiger partial charge in [0.2, 0.25) is 5.82 Å². The summed E-state index contributed by atoms with van der Waals surface area (Å²) in [5.74, 6) is 0.489. The van der Waals surface area contributed by atoms with Gasteiger partial charge in [0.15, 0.2) is 0 Å². The van der Waals surface area contributed by atoms with Crippen LogP contribution in [0, 0.1) is 5.92 Å². The molecule has 0 spiro atoms. The van der Waals surface area contributed by atoms with Gasteiger partial charge in [0.25, 0.3) is 5.91 Å². The Bertz CT molecular complexity index is 649. The van der Waals surface area contributed by atoms with Crippen LogP contribution in [0.3, 0.4) is 0 Å². The summed E-state index contributed by atoms with van der Waals surface area (Å²) in [4.78, 5) is 13.7. The van der Waals surface area contributed by atoms with E-state index >= 15 is 0 Å². The van der Waals surface area contributed by atoms with Crippen molar-refractivity contribution in [2.75, 3.05) is 6.61 Å². The van der Waals surface area contributed by atoms with Gasteiger partial charge in [-0.05, 0) is 37.1 Å². The van der Waals surface area contributed by atoms with Crippen molar-refractivity contribution in [1.29, 1.82) is 0 Å². The van der Waals surface area contributed by atoms with Crippen molar-refractivity contribution in [3.63, 3.8) is 0 Å². The smallest absolute Gasteiger partial charge is 0.251 e. The fourth-order valence-electron chi connectivity index (χ4n) is 2.00. The highest BCUT2D eigenvalue weighted by Gasteiger charge is 2.16. The van der Waals surface area contributed by atoms with Crippen LogP contribution in [-0.4, -0.2) is 43.9 Å². The molecule has 0 aliphatic carbocycles. The molecule has 1 unspecified atom stereocenters. The van der Waals surface area contributed by atoms with E-state index in [1.807, 2.05) is 27.7 Å². The number of amides is 1. The van der Waals surface area contributed by atoms with Gasteiger partial charge in [-0.3, -0.25) is 4.79 Å². The molecule has 0 aliphatic heterocycles. The molecule has 0 fully saturated rings. The number of aliphatic hydroxyl groups is 1. The van der Waals surface area contributed by atoms with Gasteiger partial charge in [-0.1, -0.05) is 26.0 Å². The van der Waals surface area contributed by atoms with E-state index in [4.69, 9.17) is 0 Å². The van der Waals surface area contributed by atoms with Gasteiger partial charge >= 0.3 is 0 Å². The number of benzene rings is 1. The van der Waals surface area contributed by atoms with Crippen LogP contribution in [0.5, 0.6) is 0 Å². The van der Waals surface area contributed by atoms with Gasteiger partial charge in [0.1, 0.15) is 0 Å². The molecule has 2 N–H and O–H groups in total. The third-order valence-corrected chi connectivity index (χ3v) is 3.61. The Kier molecular flexibility index (Phi) is 5.44. The zero-order valence-corrected chi connectivity index (χ0v) is 13.9. The van der Waals surface area contributed by atoms with Crippen molar-refractivity contribution in [2.45, 2.75) is 39.8 Å².